The van der Waals surface area contributed by atoms with Gasteiger partial charge in [0, 0.05) is 61.3 Å². The van der Waals surface area contributed by atoms with Crippen molar-refractivity contribution in [2.45, 2.75) is 60.7 Å². The summed E-state index contributed by atoms with van der Waals surface area (Å²) < 4.78 is 2.12. The van der Waals surface area contributed by atoms with Crippen molar-refractivity contribution in [2.24, 2.45) is 11.8 Å². The number of halogens is 2. The number of hydrogen-bond donors (Lipinski definition) is 2. The van der Waals surface area contributed by atoms with Crippen molar-refractivity contribution in [1.29, 1.82) is 0 Å². The van der Waals surface area contributed by atoms with Gasteiger partial charge in [0.2, 0.25) is 0 Å². The summed E-state index contributed by atoms with van der Waals surface area (Å²) >= 11 is 0. The smallest absolute Gasteiger partial charge is 0.103 e. The monoisotopic (exact) mass is 736 g/mol. The standard InChI is InChI=1S/C44H50N4O2.2ClH/c1-3-17-47-19-15-43-35-9-5-7-11-37(35)45-26-34-32-24-40-44(16-20-48(40,18-4-2)28-30(32)14-22-50)36-10-6-8-12-38(36)46(42(34)44)25-33(41(43)45)31(23-39(43)47)29(27-47)13-21-49;;/h3-14,25-26,31-32,39-42,49-50H,1-2,15-24,27-28H2;2*1H/q+2;;/p-2/b29-13-,30-14-,33-25-,34-26-;;/t31-,32?,39-,40-,41?,42?,43+,44+,47-,48-;;/m0../s1. The number of piperidine rings is 2. The van der Waals surface area contributed by atoms with Crippen molar-refractivity contribution in [2.75, 3.05) is 62.3 Å². The fraction of sp³-hybridized carbons (Fsp3) is 0.455. The molecular formula is C44H50Cl2N4O2. The van der Waals surface area contributed by atoms with E-state index in [9.17, 15) is 10.2 Å². The molecule has 52 heavy (non-hydrogen) atoms. The minimum atomic E-state index is 0. The van der Waals surface area contributed by atoms with Crippen LogP contribution in [0.2, 0.25) is 0 Å². The van der Waals surface area contributed by atoms with Gasteiger partial charge in [0.05, 0.1) is 62.3 Å². The molecule has 2 aliphatic carbocycles. The van der Waals surface area contributed by atoms with Crippen LogP contribution in [0, 0.1) is 11.8 Å². The first kappa shape index (κ1) is 34.7. The number of para-hydroxylation sites is 2. The van der Waals surface area contributed by atoms with E-state index >= 15 is 0 Å². The summed E-state index contributed by atoms with van der Waals surface area (Å²) in [5, 5.41) is 20.9. The van der Waals surface area contributed by atoms with Gasteiger partial charge in [-0.1, -0.05) is 61.7 Å². The molecule has 2 N–H and O–H groups in total. The molecule has 0 amide bonds. The van der Waals surface area contributed by atoms with Crippen molar-refractivity contribution in [3.63, 3.8) is 0 Å². The molecule has 7 heterocycles. The molecule has 0 radical (unpaired) electrons. The zero-order valence-corrected chi connectivity index (χ0v) is 31.4. The lowest BCUT2D eigenvalue weighted by Gasteiger charge is -2.59. The van der Waals surface area contributed by atoms with Crippen molar-refractivity contribution in [3.8, 4) is 0 Å². The van der Waals surface area contributed by atoms with Gasteiger partial charge in [0.25, 0.3) is 0 Å². The van der Waals surface area contributed by atoms with Crippen LogP contribution in [0.4, 0.5) is 11.4 Å². The van der Waals surface area contributed by atoms with E-state index in [1.807, 2.05) is 0 Å². The highest BCUT2D eigenvalue weighted by atomic mass is 35.5. The van der Waals surface area contributed by atoms with E-state index in [0.29, 0.717) is 23.9 Å². The molecule has 8 heteroatoms. The summed E-state index contributed by atoms with van der Waals surface area (Å²) in [4.78, 5) is 5.54. The van der Waals surface area contributed by atoms with Crippen molar-refractivity contribution >= 4 is 11.4 Å². The molecule has 2 spiro atoms. The molecule has 2 saturated carbocycles. The molecule has 6 nitrogen and oxygen atoms in total. The topological polar surface area (TPSA) is 46.9 Å². The first-order valence-electron chi connectivity index (χ1n) is 19.2. The maximum Gasteiger partial charge on any atom is 0.103 e. The van der Waals surface area contributed by atoms with E-state index in [4.69, 9.17) is 0 Å². The second-order valence-electron chi connectivity index (χ2n) is 17.2. The fourth-order valence-corrected chi connectivity index (χ4v) is 14.6. The molecule has 272 valence electrons. The van der Waals surface area contributed by atoms with Crippen LogP contribution in [-0.4, -0.2) is 95.8 Å². The van der Waals surface area contributed by atoms with Crippen LogP contribution in [0.25, 0.3) is 0 Å². The number of rotatable bonds is 6. The predicted octanol–water partition coefficient (Wildman–Crippen LogP) is -0.516. The van der Waals surface area contributed by atoms with Crippen LogP contribution < -0.4 is 34.6 Å². The molecule has 4 saturated heterocycles. The van der Waals surface area contributed by atoms with E-state index in [-0.39, 0.29) is 60.9 Å². The first-order valence-corrected chi connectivity index (χ1v) is 19.2. The summed E-state index contributed by atoms with van der Waals surface area (Å²) in [7, 11) is 0. The lowest BCUT2D eigenvalue weighted by atomic mass is 9.56. The molecule has 6 fully saturated rings. The van der Waals surface area contributed by atoms with Gasteiger partial charge in [0.15, 0.2) is 0 Å². The highest BCUT2D eigenvalue weighted by molar-refractivity contribution is 5.77. The third kappa shape index (κ3) is 3.82. The molecule has 10 atom stereocenters. The predicted molar refractivity (Wildman–Crippen MR) is 198 cm³/mol. The van der Waals surface area contributed by atoms with Gasteiger partial charge in [0.1, 0.15) is 25.2 Å². The molecule has 11 rings (SSSR count). The second-order valence-corrected chi connectivity index (χ2v) is 17.2. The second kappa shape index (κ2) is 11.7. The van der Waals surface area contributed by atoms with E-state index in [1.165, 1.54) is 33.6 Å². The Hall–Kier alpha value is -3.10. The average molecular weight is 738 g/mol. The lowest BCUT2D eigenvalue weighted by Crippen LogP contribution is -3.00. The summed E-state index contributed by atoms with van der Waals surface area (Å²) in [5.41, 5.74) is 11.8. The van der Waals surface area contributed by atoms with Gasteiger partial charge in [-0.3, -0.25) is 0 Å². The van der Waals surface area contributed by atoms with Gasteiger partial charge >= 0.3 is 0 Å². The maximum atomic E-state index is 10.5. The van der Waals surface area contributed by atoms with Crippen LogP contribution in [0.1, 0.15) is 36.8 Å². The molecule has 4 bridgehead atoms. The normalized spacial score (nSPS) is 43.7. The Labute approximate surface area is 320 Å². The number of fused-ring (bicyclic) bond motifs is 8. The molecule has 7 aliphatic heterocycles. The van der Waals surface area contributed by atoms with E-state index in [0.717, 1.165) is 73.9 Å². The van der Waals surface area contributed by atoms with Crippen LogP contribution in [0.3, 0.4) is 0 Å². The Morgan fingerprint density at radius 1 is 0.673 bits per heavy atom. The number of nitrogens with zero attached hydrogens (tertiary/aromatic N) is 4. The number of quaternary nitrogens is 2. The molecule has 3 unspecified atom stereocenters. The molecule has 2 aromatic carbocycles. The minimum Gasteiger partial charge on any atom is -1.00 e. The van der Waals surface area contributed by atoms with Crippen molar-refractivity contribution in [1.82, 2.24) is 0 Å². The van der Waals surface area contributed by atoms with E-state index < -0.39 is 0 Å². The Morgan fingerprint density at radius 3 is 1.50 bits per heavy atom. The Balaban J connectivity index is 0.00000180. The molecule has 9 aliphatic rings. The zero-order valence-electron chi connectivity index (χ0n) is 29.9. The molecule has 0 aromatic heterocycles. The summed E-state index contributed by atoms with van der Waals surface area (Å²) in [5.74, 6) is 0.615. The summed E-state index contributed by atoms with van der Waals surface area (Å²) in [6.45, 7) is 15.0. The van der Waals surface area contributed by atoms with Gasteiger partial charge in [-0.15, -0.1) is 0 Å². The quantitative estimate of drug-likeness (QED) is 0.310. The number of aliphatic hydroxyl groups excluding tert-OH is 2. The van der Waals surface area contributed by atoms with Crippen molar-refractivity contribution in [3.05, 3.63) is 132 Å². The van der Waals surface area contributed by atoms with Crippen molar-refractivity contribution < 1.29 is 44.0 Å². The van der Waals surface area contributed by atoms with E-state index in [2.05, 4.69) is 108 Å². The number of aliphatic hydroxyl groups is 2. The third-order valence-corrected chi connectivity index (χ3v) is 15.9. The maximum absolute atomic E-state index is 10.5. The number of hydrogen-bond acceptors (Lipinski definition) is 4. The largest absolute Gasteiger partial charge is 1.00 e. The highest BCUT2D eigenvalue weighted by Crippen LogP contribution is 2.69. The van der Waals surface area contributed by atoms with Crippen LogP contribution >= 0.6 is 0 Å². The summed E-state index contributed by atoms with van der Waals surface area (Å²) in [6, 6.07) is 20.3. The Bertz CT molecular complexity index is 1860. The van der Waals surface area contributed by atoms with Gasteiger partial charge in [-0.2, -0.15) is 0 Å². The van der Waals surface area contributed by atoms with Gasteiger partial charge in [-0.05, 0) is 57.7 Å². The first-order chi connectivity index (χ1) is 24.5. The van der Waals surface area contributed by atoms with Crippen LogP contribution in [0.5, 0.6) is 0 Å². The molecule has 2 aromatic rings. The third-order valence-electron chi connectivity index (χ3n) is 15.9. The Kier molecular flexibility index (Phi) is 7.80. The Morgan fingerprint density at radius 2 is 1.10 bits per heavy atom. The van der Waals surface area contributed by atoms with Gasteiger partial charge in [-0.25, -0.2) is 0 Å². The highest BCUT2D eigenvalue weighted by Gasteiger charge is 2.75. The summed E-state index contributed by atoms with van der Waals surface area (Å²) in [6.07, 6.45) is 18.6. The SMILES string of the molecule is C=CC[N@@+]12CC[C@@]34c5ccccc5N5/C=C6\C7N(/C=C(/C(C[C@@H]31)/C(=C\CO)C2)C54)c1ccccc1[C@@]71CC[N@@+]2(CC=C)C/C(=C/CO)[C@@H]6C[C@@H]12.[Cl-].[Cl-]. The number of anilines is 2. The van der Waals surface area contributed by atoms with Crippen LogP contribution in [0.15, 0.2) is 121 Å². The fourth-order valence-electron chi connectivity index (χ4n) is 14.6. The zero-order chi connectivity index (χ0) is 33.6. The van der Waals surface area contributed by atoms with E-state index in [1.54, 1.807) is 11.1 Å². The van der Waals surface area contributed by atoms with Crippen LogP contribution in [-0.2, 0) is 10.8 Å². The van der Waals surface area contributed by atoms with Gasteiger partial charge < -0.3 is 53.8 Å². The molecular weight excluding hydrogens is 687 g/mol. The average Bonchev–Trinajstić information content (AvgIpc) is 3.81. The minimum absolute atomic E-state index is 0. The lowest BCUT2D eigenvalue weighted by molar-refractivity contribution is -0.937. The number of benzene rings is 2.